The second-order valence-corrected chi connectivity index (χ2v) is 2.93. The van der Waals surface area contributed by atoms with Gasteiger partial charge >= 0.3 is 0 Å². The van der Waals surface area contributed by atoms with Crippen molar-refractivity contribution >= 4 is 23.9 Å². The molecule has 0 heteroatoms. The summed E-state index contributed by atoms with van der Waals surface area (Å²) in [6.07, 6.45) is 0. The molecule has 0 N–H and O–H groups in total. The zero-order valence-electron chi connectivity index (χ0n) is 6.88. The van der Waals surface area contributed by atoms with E-state index in [9.17, 15) is 0 Å². The highest BCUT2D eigenvalue weighted by Crippen LogP contribution is 2.01. The summed E-state index contributed by atoms with van der Waals surface area (Å²) >= 11 is 0. The van der Waals surface area contributed by atoms with Gasteiger partial charge in [-0.3, -0.25) is 0 Å². The van der Waals surface area contributed by atoms with Crippen LogP contribution in [-0.2, 0) is 0 Å². The Balaban J connectivity index is 3.15. The SMILES string of the molecule is C=c1cccc2c(=C)cccc12. The standard InChI is InChI=1S/C12H10/c1-9-5-3-8-12-10(2)6-4-7-11(9)12/h3-8H,1-2H2. The van der Waals surface area contributed by atoms with Gasteiger partial charge in [0.2, 0.25) is 0 Å². The largest absolute Gasteiger partial charge is 0.0911 e. The van der Waals surface area contributed by atoms with Crippen LogP contribution in [0, 0.1) is 0 Å². The molecule has 0 bridgehead atoms. The Morgan fingerprint density at radius 1 is 0.667 bits per heavy atom. The average Bonchev–Trinajstić information content (AvgIpc) is 2.07. The first-order valence-corrected chi connectivity index (χ1v) is 3.95. The van der Waals surface area contributed by atoms with Gasteiger partial charge in [-0.15, -0.1) is 0 Å². The van der Waals surface area contributed by atoms with Gasteiger partial charge in [0.1, 0.15) is 0 Å². The van der Waals surface area contributed by atoms with E-state index in [-0.39, 0.29) is 0 Å². The second-order valence-electron chi connectivity index (χ2n) is 2.93. The number of hydrogen-bond donors (Lipinski definition) is 0. The number of fused-ring (bicyclic) bond motifs is 1. The van der Waals surface area contributed by atoms with Crippen LogP contribution in [0.25, 0.3) is 23.9 Å². The molecule has 0 heterocycles. The summed E-state index contributed by atoms with van der Waals surface area (Å²) in [5, 5.41) is 4.53. The summed E-state index contributed by atoms with van der Waals surface area (Å²) in [4.78, 5) is 0. The van der Waals surface area contributed by atoms with Crippen LogP contribution in [0.4, 0.5) is 0 Å². The highest BCUT2D eigenvalue weighted by atomic mass is 14.0. The Hall–Kier alpha value is -1.56. The summed E-state index contributed by atoms with van der Waals surface area (Å²) < 4.78 is 0. The summed E-state index contributed by atoms with van der Waals surface area (Å²) in [6, 6.07) is 12.2. The quantitative estimate of drug-likeness (QED) is 0.541. The Labute approximate surface area is 71.5 Å². The minimum atomic E-state index is 1.07. The van der Waals surface area contributed by atoms with Gasteiger partial charge in [-0.1, -0.05) is 49.6 Å². The monoisotopic (exact) mass is 154 g/mol. The lowest BCUT2D eigenvalue weighted by molar-refractivity contribution is 1.65. The maximum Gasteiger partial charge on any atom is -0.0112 e. The Morgan fingerprint density at radius 2 is 1.08 bits per heavy atom. The summed E-state index contributed by atoms with van der Waals surface area (Å²) in [6.45, 7) is 7.92. The average molecular weight is 154 g/mol. The molecule has 0 aliphatic heterocycles. The van der Waals surface area contributed by atoms with E-state index in [4.69, 9.17) is 0 Å². The molecule has 0 radical (unpaired) electrons. The molecule has 58 valence electrons. The molecule has 12 heavy (non-hydrogen) atoms. The Kier molecular flexibility index (Phi) is 1.47. The van der Waals surface area contributed by atoms with E-state index in [0.29, 0.717) is 0 Å². The lowest BCUT2D eigenvalue weighted by Gasteiger charge is -1.96. The highest BCUT2D eigenvalue weighted by molar-refractivity contribution is 5.83. The van der Waals surface area contributed by atoms with Crippen LogP contribution >= 0.6 is 0 Å². The van der Waals surface area contributed by atoms with Crippen molar-refractivity contribution in [1.29, 1.82) is 0 Å². The maximum atomic E-state index is 3.96. The van der Waals surface area contributed by atoms with E-state index in [0.717, 1.165) is 10.4 Å². The van der Waals surface area contributed by atoms with Crippen LogP contribution in [0.2, 0.25) is 0 Å². The maximum absolute atomic E-state index is 3.96. The third-order valence-corrected chi connectivity index (χ3v) is 2.10. The smallest absolute Gasteiger partial charge is 0.0112 e. The molecule has 0 aliphatic rings. The van der Waals surface area contributed by atoms with Crippen LogP contribution < -0.4 is 10.4 Å². The molecule has 2 aromatic carbocycles. The van der Waals surface area contributed by atoms with Gasteiger partial charge in [-0.2, -0.15) is 0 Å². The van der Waals surface area contributed by atoms with Gasteiger partial charge in [-0.25, -0.2) is 0 Å². The number of hydrogen-bond acceptors (Lipinski definition) is 0. The molecule has 2 aromatic rings. The van der Waals surface area contributed by atoms with Gasteiger partial charge < -0.3 is 0 Å². The first-order valence-electron chi connectivity index (χ1n) is 3.95. The molecule has 0 saturated carbocycles. The molecule has 0 aromatic heterocycles. The fraction of sp³-hybridized carbons (Fsp3) is 0. The first kappa shape index (κ1) is 7.11. The van der Waals surface area contributed by atoms with Gasteiger partial charge in [0.25, 0.3) is 0 Å². The van der Waals surface area contributed by atoms with E-state index in [1.54, 1.807) is 0 Å². The van der Waals surface area contributed by atoms with Crippen molar-refractivity contribution in [2.45, 2.75) is 0 Å². The molecule has 0 spiro atoms. The summed E-state index contributed by atoms with van der Waals surface area (Å²) in [5.74, 6) is 0. The molecule has 0 fully saturated rings. The normalized spacial score (nSPS) is 10.3. The summed E-state index contributed by atoms with van der Waals surface area (Å²) in [7, 11) is 0. The predicted molar refractivity (Wildman–Crippen MR) is 54.2 cm³/mol. The van der Waals surface area contributed by atoms with Gasteiger partial charge in [0, 0.05) is 0 Å². The minimum Gasteiger partial charge on any atom is -0.0911 e. The molecule has 0 nitrogen and oxygen atoms in total. The Bertz CT molecular complexity index is 460. The van der Waals surface area contributed by atoms with Crippen molar-refractivity contribution < 1.29 is 0 Å². The van der Waals surface area contributed by atoms with Crippen LogP contribution in [0.3, 0.4) is 0 Å². The van der Waals surface area contributed by atoms with E-state index in [1.165, 1.54) is 10.8 Å². The van der Waals surface area contributed by atoms with Crippen molar-refractivity contribution in [1.82, 2.24) is 0 Å². The van der Waals surface area contributed by atoms with Crippen molar-refractivity contribution in [2.75, 3.05) is 0 Å². The molecule has 0 unspecified atom stereocenters. The minimum absolute atomic E-state index is 1.07. The molecular formula is C12H10. The summed E-state index contributed by atoms with van der Waals surface area (Å²) in [5.41, 5.74) is 0. The third-order valence-electron chi connectivity index (χ3n) is 2.10. The Morgan fingerprint density at radius 3 is 1.50 bits per heavy atom. The van der Waals surface area contributed by atoms with E-state index in [2.05, 4.69) is 25.3 Å². The zero-order valence-corrected chi connectivity index (χ0v) is 6.88. The predicted octanol–water partition coefficient (Wildman–Crippen LogP) is 1.66. The van der Waals surface area contributed by atoms with Crippen LogP contribution in [0.15, 0.2) is 36.4 Å². The van der Waals surface area contributed by atoms with Crippen LogP contribution in [0.5, 0.6) is 0 Å². The lowest BCUT2D eigenvalue weighted by Crippen LogP contribution is -2.05. The second kappa shape index (κ2) is 2.49. The molecule has 0 amide bonds. The molecule has 0 saturated heterocycles. The number of benzene rings is 2. The van der Waals surface area contributed by atoms with E-state index >= 15 is 0 Å². The van der Waals surface area contributed by atoms with Crippen molar-refractivity contribution in [3.05, 3.63) is 46.8 Å². The van der Waals surface area contributed by atoms with E-state index in [1.807, 2.05) is 24.3 Å². The first-order chi connectivity index (χ1) is 5.79. The van der Waals surface area contributed by atoms with Gasteiger partial charge in [0.15, 0.2) is 0 Å². The van der Waals surface area contributed by atoms with Crippen LogP contribution in [0.1, 0.15) is 0 Å². The lowest BCUT2D eigenvalue weighted by atomic mass is 10.1. The van der Waals surface area contributed by atoms with Gasteiger partial charge in [-0.05, 0) is 21.2 Å². The fourth-order valence-corrected chi connectivity index (χ4v) is 1.44. The zero-order chi connectivity index (χ0) is 8.55. The molecule has 2 rings (SSSR count). The molecular weight excluding hydrogens is 144 g/mol. The highest BCUT2D eigenvalue weighted by Gasteiger charge is 1.91. The van der Waals surface area contributed by atoms with Crippen molar-refractivity contribution in [3.63, 3.8) is 0 Å². The number of rotatable bonds is 0. The third kappa shape index (κ3) is 0.928. The fourth-order valence-electron chi connectivity index (χ4n) is 1.44. The van der Waals surface area contributed by atoms with Crippen molar-refractivity contribution in [2.24, 2.45) is 0 Å². The molecule has 0 atom stereocenters. The van der Waals surface area contributed by atoms with Gasteiger partial charge in [0.05, 0.1) is 0 Å². The van der Waals surface area contributed by atoms with Crippen LogP contribution in [-0.4, -0.2) is 0 Å². The van der Waals surface area contributed by atoms with Crippen molar-refractivity contribution in [3.8, 4) is 0 Å². The van der Waals surface area contributed by atoms with E-state index < -0.39 is 0 Å². The topological polar surface area (TPSA) is 0 Å². The molecule has 0 aliphatic carbocycles.